The molecule has 0 aliphatic heterocycles. The van der Waals surface area contributed by atoms with Crippen LogP contribution in [-0.4, -0.2) is 24.3 Å². The molecule has 0 saturated heterocycles. The molecule has 0 atom stereocenters. The average Bonchev–Trinajstić information content (AvgIpc) is 2.59. The van der Waals surface area contributed by atoms with Crippen LogP contribution < -0.4 is 5.32 Å². The van der Waals surface area contributed by atoms with Crippen molar-refractivity contribution >= 4 is 35.3 Å². The Bertz CT molecular complexity index is 815. The first-order valence-corrected chi connectivity index (χ1v) is 7.84. The molecule has 0 radical (unpaired) electrons. The smallest absolute Gasteiger partial charge is 0.355 e. The summed E-state index contributed by atoms with van der Waals surface area (Å²) in [5.41, 5.74) is 0.927. The van der Waals surface area contributed by atoms with Crippen LogP contribution in [0.3, 0.4) is 0 Å². The minimum Gasteiger partial charge on any atom is -0.453 e. The highest BCUT2D eigenvalue weighted by Gasteiger charge is 2.16. The van der Waals surface area contributed by atoms with Crippen molar-refractivity contribution in [2.75, 3.05) is 6.61 Å². The van der Waals surface area contributed by atoms with E-state index in [0.717, 1.165) is 0 Å². The monoisotopic (exact) mass is 357 g/mol. The van der Waals surface area contributed by atoms with E-state index in [9.17, 15) is 14.4 Å². The second-order valence-corrected chi connectivity index (χ2v) is 5.54. The van der Waals surface area contributed by atoms with Crippen molar-refractivity contribution in [1.29, 1.82) is 0 Å². The zero-order valence-electron chi connectivity index (χ0n) is 13.5. The highest BCUT2D eigenvalue weighted by atomic mass is 35.5. The number of esters is 1. The van der Waals surface area contributed by atoms with Gasteiger partial charge in [0.1, 0.15) is 5.70 Å². The Morgan fingerprint density at radius 3 is 2.32 bits per heavy atom. The molecule has 0 saturated carbocycles. The molecule has 0 unspecified atom stereocenters. The summed E-state index contributed by atoms with van der Waals surface area (Å²) < 4.78 is 5.02. The summed E-state index contributed by atoms with van der Waals surface area (Å²) in [6.45, 7) is 0.801. The lowest BCUT2D eigenvalue weighted by Gasteiger charge is -2.09. The SMILES string of the molecule is CC(=O)N/C(=C\c1ccccc1)C(=O)OCC(=O)c1ccccc1Cl. The van der Waals surface area contributed by atoms with Crippen molar-refractivity contribution in [3.05, 3.63) is 76.4 Å². The van der Waals surface area contributed by atoms with Crippen LogP contribution >= 0.6 is 11.6 Å². The predicted molar refractivity (Wildman–Crippen MR) is 95.0 cm³/mol. The third-order valence-electron chi connectivity index (χ3n) is 3.15. The van der Waals surface area contributed by atoms with Gasteiger partial charge in [0.2, 0.25) is 11.7 Å². The molecule has 1 N–H and O–H groups in total. The molecule has 0 aromatic heterocycles. The van der Waals surface area contributed by atoms with Gasteiger partial charge in [0, 0.05) is 12.5 Å². The summed E-state index contributed by atoms with van der Waals surface area (Å²) in [5, 5.41) is 2.70. The maximum absolute atomic E-state index is 12.2. The van der Waals surface area contributed by atoms with Gasteiger partial charge >= 0.3 is 5.97 Å². The van der Waals surface area contributed by atoms with Crippen LogP contribution in [0.15, 0.2) is 60.3 Å². The van der Waals surface area contributed by atoms with Gasteiger partial charge in [-0.25, -0.2) is 4.79 Å². The number of amides is 1. The number of hydrogen-bond donors (Lipinski definition) is 1. The second-order valence-electron chi connectivity index (χ2n) is 5.13. The van der Waals surface area contributed by atoms with E-state index in [1.165, 1.54) is 13.0 Å². The Balaban J connectivity index is 2.10. The van der Waals surface area contributed by atoms with Gasteiger partial charge < -0.3 is 10.1 Å². The number of ether oxygens (including phenoxy) is 1. The fourth-order valence-corrected chi connectivity index (χ4v) is 2.27. The summed E-state index contributed by atoms with van der Waals surface area (Å²) in [6, 6.07) is 15.4. The maximum atomic E-state index is 12.2. The molecule has 128 valence electrons. The number of carbonyl (C=O) groups excluding carboxylic acids is 3. The Labute approximate surface area is 150 Å². The number of ketones is 1. The van der Waals surface area contributed by atoms with Crippen LogP contribution in [0.4, 0.5) is 0 Å². The van der Waals surface area contributed by atoms with Crippen molar-refractivity contribution < 1.29 is 19.1 Å². The van der Waals surface area contributed by atoms with Crippen LogP contribution in [0, 0.1) is 0 Å². The summed E-state index contributed by atoms with van der Waals surface area (Å²) >= 11 is 5.94. The minimum atomic E-state index is -0.806. The van der Waals surface area contributed by atoms with Crippen LogP contribution in [0.25, 0.3) is 6.08 Å². The van der Waals surface area contributed by atoms with Gasteiger partial charge in [-0.05, 0) is 23.8 Å². The molecule has 2 aromatic carbocycles. The summed E-state index contributed by atoms with van der Waals surface area (Å²) in [7, 11) is 0. The van der Waals surface area contributed by atoms with Crippen molar-refractivity contribution in [3.8, 4) is 0 Å². The van der Waals surface area contributed by atoms with Crippen LogP contribution in [0.5, 0.6) is 0 Å². The molecular weight excluding hydrogens is 342 g/mol. The number of Topliss-reactive ketones (excluding diaryl/α,β-unsaturated/α-hetero) is 1. The van der Waals surface area contributed by atoms with Crippen molar-refractivity contribution in [1.82, 2.24) is 5.32 Å². The van der Waals surface area contributed by atoms with Gasteiger partial charge in [0.15, 0.2) is 6.61 Å². The lowest BCUT2D eigenvalue weighted by atomic mass is 10.1. The van der Waals surface area contributed by atoms with Gasteiger partial charge in [0.05, 0.1) is 5.02 Å². The third kappa shape index (κ3) is 5.58. The molecule has 0 bridgehead atoms. The molecule has 5 nitrogen and oxygen atoms in total. The first-order chi connectivity index (χ1) is 12.0. The molecule has 25 heavy (non-hydrogen) atoms. The summed E-state index contributed by atoms with van der Waals surface area (Å²) in [5.74, 6) is -1.66. The number of benzene rings is 2. The van der Waals surface area contributed by atoms with E-state index >= 15 is 0 Å². The molecule has 0 aliphatic carbocycles. The number of nitrogens with one attached hydrogen (secondary N) is 1. The van der Waals surface area contributed by atoms with E-state index in [2.05, 4.69) is 5.32 Å². The molecule has 2 aromatic rings. The normalized spacial score (nSPS) is 10.9. The van der Waals surface area contributed by atoms with E-state index in [1.807, 2.05) is 6.07 Å². The van der Waals surface area contributed by atoms with Gasteiger partial charge in [-0.3, -0.25) is 9.59 Å². The highest BCUT2D eigenvalue weighted by molar-refractivity contribution is 6.34. The van der Waals surface area contributed by atoms with Crippen molar-refractivity contribution in [2.45, 2.75) is 6.92 Å². The largest absolute Gasteiger partial charge is 0.453 e. The van der Waals surface area contributed by atoms with E-state index in [4.69, 9.17) is 16.3 Å². The van der Waals surface area contributed by atoms with Crippen LogP contribution in [0.1, 0.15) is 22.8 Å². The molecule has 0 spiro atoms. The number of carbonyl (C=O) groups is 3. The summed E-state index contributed by atoms with van der Waals surface area (Å²) in [6.07, 6.45) is 1.48. The van der Waals surface area contributed by atoms with E-state index in [0.29, 0.717) is 5.56 Å². The fraction of sp³-hybridized carbons (Fsp3) is 0.105. The Morgan fingerprint density at radius 2 is 1.68 bits per heavy atom. The standard InChI is InChI=1S/C19H16ClNO4/c1-13(22)21-17(11-14-7-3-2-4-8-14)19(24)25-12-18(23)15-9-5-6-10-16(15)20/h2-11H,12H2,1H3,(H,21,22)/b17-11-. The Kier molecular flexibility index (Phi) is 6.48. The fourth-order valence-electron chi connectivity index (χ4n) is 2.03. The zero-order valence-corrected chi connectivity index (χ0v) is 14.2. The van der Waals surface area contributed by atoms with Gasteiger partial charge in [-0.1, -0.05) is 54.1 Å². The number of hydrogen-bond acceptors (Lipinski definition) is 4. The molecular formula is C19H16ClNO4. The predicted octanol–water partition coefficient (Wildman–Crippen LogP) is 3.24. The first kappa shape index (κ1) is 18.4. The third-order valence-corrected chi connectivity index (χ3v) is 3.48. The molecule has 0 aliphatic rings. The minimum absolute atomic E-state index is 0.0503. The van der Waals surface area contributed by atoms with Gasteiger partial charge in [-0.15, -0.1) is 0 Å². The lowest BCUT2D eigenvalue weighted by Crippen LogP contribution is -2.27. The topological polar surface area (TPSA) is 72.5 Å². The summed E-state index contributed by atoms with van der Waals surface area (Å²) in [4.78, 5) is 35.6. The Morgan fingerprint density at radius 1 is 1.04 bits per heavy atom. The second kappa shape index (κ2) is 8.80. The molecule has 2 rings (SSSR count). The van der Waals surface area contributed by atoms with E-state index in [1.54, 1.807) is 48.5 Å². The van der Waals surface area contributed by atoms with Crippen LogP contribution in [0.2, 0.25) is 5.02 Å². The molecule has 0 heterocycles. The van der Waals surface area contributed by atoms with Crippen LogP contribution in [-0.2, 0) is 14.3 Å². The number of halogens is 1. The van der Waals surface area contributed by atoms with Crippen molar-refractivity contribution in [2.24, 2.45) is 0 Å². The molecule has 6 heteroatoms. The highest BCUT2D eigenvalue weighted by Crippen LogP contribution is 2.15. The van der Waals surface area contributed by atoms with E-state index < -0.39 is 24.3 Å². The molecule has 1 amide bonds. The Hall–Kier alpha value is -2.92. The number of rotatable bonds is 6. The van der Waals surface area contributed by atoms with E-state index in [-0.39, 0.29) is 16.3 Å². The first-order valence-electron chi connectivity index (χ1n) is 7.46. The molecule has 0 fully saturated rings. The van der Waals surface area contributed by atoms with Gasteiger partial charge in [-0.2, -0.15) is 0 Å². The zero-order chi connectivity index (χ0) is 18.2. The maximum Gasteiger partial charge on any atom is 0.355 e. The lowest BCUT2D eigenvalue weighted by molar-refractivity contribution is -0.139. The quantitative estimate of drug-likeness (QED) is 0.489. The van der Waals surface area contributed by atoms with Crippen molar-refractivity contribution in [3.63, 3.8) is 0 Å². The van der Waals surface area contributed by atoms with Gasteiger partial charge in [0.25, 0.3) is 0 Å². The average molecular weight is 358 g/mol.